The van der Waals surface area contributed by atoms with E-state index in [0.29, 0.717) is 12.5 Å². The second-order valence-electron chi connectivity index (χ2n) is 7.09. The van der Waals surface area contributed by atoms with Crippen molar-refractivity contribution in [2.75, 3.05) is 19.0 Å². The first-order valence-corrected chi connectivity index (χ1v) is 9.09. The molecule has 3 nitrogen and oxygen atoms in total. The van der Waals surface area contributed by atoms with Crippen molar-refractivity contribution in [1.82, 2.24) is 4.90 Å². The zero-order chi connectivity index (χ0) is 16.8. The molecule has 0 N–H and O–H groups in total. The molecular formula is C20H32N2O. The van der Waals surface area contributed by atoms with Gasteiger partial charge >= 0.3 is 0 Å². The summed E-state index contributed by atoms with van der Waals surface area (Å²) < 4.78 is 0. The van der Waals surface area contributed by atoms with Gasteiger partial charge in [0.25, 0.3) is 0 Å². The molecule has 1 saturated carbocycles. The van der Waals surface area contributed by atoms with Crippen LogP contribution in [0.15, 0.2) is 24.3 Å². The van der Waals surface area contributed by atoms with Gasteiger partial charge < -0.3 is 9.80 Å². The van der Waals surface area contributed by atoms with E-state index in [-0.39, 0.29) is 11.9 Å². The molecule has 1 aromatic rings. The zero-order valence-electron chi connectivity index (χ0n) is 15.2. The molecule has 128 valence electrons. The summed E-state index contributed by atoms with van der Waals surface area (Å²) in [6.07, 6.45) is 7.58. The first-order valence-electron chi connectivity index (χ1n) is 9.09. The van der Waals surface area contributed by atoms with Gasteiger partial charge in [0.2, 0.25) is 5.91 Å². The van der Waals surface area contributed by atoms with Crippen LogP contribution in [0.1, 0.15) is 57.4 Å². The lowest BCUT2D eigenvalue weighted by Gasteiger charge is -2.39. The molecule has 2 atom stereocenters. The van der Waals surface area contributed by atoms with Gasteiger partial charge in [-0.05, 0) is 52.4 Å². The number of nitrogens with zero attached hydrogens (tertiary/aromatic N) is 2. The number of aryl methyl sites for hydroxylation is 1. The van der Waals surface area contributed by atoms with Gasteiger partial charge in [-0.1, -0.05) is 43.9 Å². The fraction of sp³-hybridized carbons (Fsp3) is 0.650. The largest absolute Gasteiger partial charge is 0.308 e. The van der Waals surface area contributed by atoms with Gasteiger partial charge in [0.1, 0.15) is 0 Å². The van der Waals surface area contributed by atoms with Crippen molar-refractivity contribution in [3.8, 4) is 0 Å². The van der Waals surface area contributed by atoms with Crippen LogP contribution in [0.2, 0.25) is 0 Å². The average Bonchev–Trinajstić information content (AvgIpc) is 2.76. The number of hydrogen-bond donors (Lipinski definition) is 0. The van der Waals surface area contributed by atoms with Crippen LogP contribution in [0.4, 0.5) is 5.69 Å². The number of likely N-dealkylation sites (N-methyl/N-ethyl adjacent to an activating group) is 1. The predicted octanol–water partition coefficient (Wildman–Crippen LogP) is 4.39. The number of benzene rings is 1. The highest BCUT2D eigenvalue weighted by Gasteiger charge is 2.33. The van der Waals surface area contributed by atoms with Crippen LogP contribution in [0.25, 0.3) is 0 Å². The number of carbonyl (C=O) groups is 1. The maximum Gasteiger partial charge on any atom is 0.227 e. The van der Waals surface area contributed by atoms with Crippen molar-refractivity contribution < 1.29 is 4.79 Å². The zero-order valence-corrected chi connectivity index (χ0v) is 15.2. The SMILES string of the molecule is CCCC(=O)N(c1ccc(C)cc1)C1CCCCCC1N(C)C. The number of carbonyl (C=O) groups excluding carboxylic acids is 1. The number of anilines is 1. The summed E-state index contributed by atoms with van der Waals surface area (Å²) in [7, 11) is 4.31. The summed E-state index contributed by atoms with van der Waals surface area (Å²) >= 11 is 0. The summed E-state index contributed by atoms with van der Waals surface area (Å²) in [6.45, 7) is 4.18. The summed E-state index contributed by atoms with van der Waals surface area (Å²) in [5.41, 5.74) is 2.30. The van der Waals surface area contributed by atoms with E-state index in [1.165, 1.54) is 31.2 Å². The Morgan fingerprint density at radius 2 is 1.65 bits per heavy atom. The Hall–Kier alpha value is -1.35. The predicted molar refractivity (Wildman–Crippen MR) is 97.9 cm³/mol. The highest BCUT2D eigenvalue weighted by atomic mass is 16.2. The van der Waals surface area contributed by atoms with E-state index >= 15 is 0 Å². The van der Waals surface area contributed by atoms with Gasteiger partial charge in [0, 0.05) is 18.2 Å². The highest BCUT2D eigenvalue weighted by Crippen LogP contribution is 2.30. The van der Waals surface area contributed by atoms with Gasteiger partial charge in [-0.15, -0.1) is 0 Å². The third kappa shape index (κ3) is 4.57. The molecule has 1 aliphatic carbocycles. The molecule has 0 aliphatic heterocycles. The van der Waals surface area contributed by atoms with Crippen molar-refractivity contribution in [1.29, 1.82) is 0 Å². The minimum Gasteiger partial charge on any atom is -0.308 e. The standard InChI is InChI=1S/C20H32N2O/c1-5-9-20(23)22(17-14-12-16(2)13-15-17)19-11-8-6-7-10-18(19)21(3)4/h12-15,18-19H,5-11H2,1-4H3. The molecule has 1 aromatic carbocycles. The highest BCUT2D eigenvalue weighted by molar-refractivity contribution is 5.94. The van der Waals surface area contributed by atoms with E-state index in [1.54, 1.807) is 0 Å². The molecule has 3 heteroatoms. The Kier molecular flexibility index (Phi) is 6.64. The van der Waals surface area contributed by atoms with E-state index in [1.807, 2.05) is 0 Å². The molecule has 2 rings (SSSR count). The smallest absolute Gasteiger partial charge is 0.227 e. The lowest BCUT2D eigenvalue weighted by Crippen LogP contribution is -2.51. The summed E-state index contributed by atoms with van der Waals surface area (Å²) in [5, 5.41) is 0. The molecule has 1 amide bonds. The third-order valence-electron chi connectivity index (χ3n) is 4.98. The first kappa shape index (κ1) is 18.0. The fourth-order valence-corrected chi connectivity index (χ4v) is 3.73. The van der Waals surface area contributed by atoms with Crippen LogP contribution in [0, 0.1) is 6.92 Å². The summed E-state index contributed by atoms with van der Waals surface area (Å²) in [6, 6.07) is 9.18. The molecule has 0 bridgehead atoms. The van der Waals surface area contributed by atoms with Crippen LogP contribution >= 0.6 is 0 Å². The quantitative estimate of drug-likeness (QED) is 0.752. The molecule has 0 aromatic heterocycles. The van der Waals surface area contributed by atoms with E-state index in [2.05, 4.69) is 62.0 Å². The molecule has 1 fully saturated rings. The van der Waals surface area contributed by atoms with Crippen molar-refractivity contribution >= 4 is 11.6 Å². The van der Waals surface area contributed by atoms with E-state index in [9.17, 15) is 4.79 Å². The average molecular weight is 316 g/mol. The minimum atomic E-state index is 0.273. The van der Waals surface area contributed by atoms with Crippen LogP contribution in [0.3, 0.4) is 0 Å². The molecule has 0 radical (unpaired) electrons. The summed E-state index contributed by atoms with van der Waals surface area (Å²) in [4.78, 5) is 17.3. The van der Waals surface area contributed by atoms with Crippen LogP contribution in [0.5, 0.6) is 0 Å². The van der Waals surface area contributed by atoms with E-state index in [0.717, 1.165) is 18.5 Å². The monoisotopic (exact) mass is 316 g/mol. The van der Waals surface area contributed by atoms with Crippen LogP contribution < -0.4 is 4.90 Å². The molecule has 0 spiro atoms. The number of rotatable bonds is 5. The Balaban J connectivity index is 2.37. The van der Waals surface area contributed by atoms with Gasteiger partial charge in [-0.2, -0.15) is 0 Å². The normalized spacial score (nSPS) is 22.0. The Morgan fingerprint density at radius 1 is 1.04 bits per heavy atom. The van der Waals surface area contributed by atoms with Gasteiger partial charge in [-0.25, -0.2) is 0 Å². The second kappa shape index (κ2) is 8.49. The molecule has 0 saturated heterocycles. The fourth-order valence-electron chi connectivity index (χ4n) is 3.73. The van der Waals surface area contributed by atoms with E-state index in [4.69, 9.17) is 0 Å². The van der Waals surface area contributed by atoms with Crippen molar-refractivity contribution in [2.45, 2.75) is 70.9 Å². The third-order valence-corrected chi connectivity index (χ3v) is 4.98. The van der Waals surface area contributed by atoms with Crippen LogP contribution in [-0.4, -0.2) is 37.0 Å². The van der Waals surface area contributed by atoms with E-state index < -0.39 is 0 Å². The first-order chi connectivity index (χ1) is 11.0. The Bertz CT molecular complexity index is 495. The van der Waals surface area contributed by atoms with Crippen molar-refractivity contribution in [3.05, 3.63) is 29.8 Å². The number of amides is 1. The van der Waals surface area contributed by atoms with Crippen molar-refractivity contribution in [2.24, 2.45) is 0 Å². The topological polar surface area (TPSA) is 23.6 Å². The lowest BCUT2D eigenvalue weighted by molar-refractivity contribution is -0.119. The summed E-state index contributed by atoms with van der Waals surface area (Å²) in [5.74, 6) is 0.273. The molecule has 2 unspecified atom stereocenters. The van der Waals surface area contributed by atoms with Gasteiger partial charge in [-0.3, -0.25) is 4.79 Å². The molecule has 0 heterocycles. The molecular weight excluding hydrogens is 284 g/mol. The minimum absolute atomic E-state index is 0.273. The lowest BCUT2D eigenvalue weighted by atomic mass is 9.98. The van der Waals surface area contributed by atoms with Crippen molar-refractivity contribution in [3.63, 3.8) is 0 Å². The Labute approximate surface area is 141 Å². The maximum atomic E-state index is 12.9. The van der Waals surface area contributed by atoms with Gasteiger partial charge in [0.15, 0.2) is 0 Å². The van der Waals surface area contributed by atoms with Gasteiger partial charge in [0.05, 0.1) is 6.04 Å². The number of hydrogen-bond acceptors (Lipinski definition) is 2. The molecule has 23 heavy (non-hydrogen) atoms. The second-order valence-corrected chi connectivity index (χ2v) is 7.09. The van der Waals surface area contributed by atoms with Crippen LogP contribution in [-0.2, 0) is 4.79 Å². The molecule has 1 aliphatic rings. The maximum absolute atomic E-state index is 12.9. The Morgan fingerprint density at radius 3 is 2.22 bits per heavy atom.